The minimum atomic E-state index is -0.133. The zero-order chi connectivity index (χ0) is 15.3. The summed E-state index contributed by atoms with van der Waals surface area (Å²) in [5, 5.41) is 13.8. The summed E-state index contributed by atoms with van der Waals surface area (Å²) in [6.07, 6.45) is 6.90. The van der Waals surface area contributed by atoms with Crippen molar-refractivity contribution in [3.63, 3.8) is 0 Å². The first-order chi connectivity index (χ1) is 10.6. The highest BCUT2D eigenvalue weighted by molar-refractivity contribution is 5.94. The average molecular weight is 300 g/mol. The monoisotopic (exact) mass is 300 g/mol. The molecule has 2 heterocycles. The van der Waals surface area contributed by atoms with Crippen LogP contribution in [0.1, 0.15) is 36.0 Å². The van der Waals surface area contributed by atoms with Crippen LogP contribution in [0.5, 0.6) is 0 Å². The van der Waals surface area contributed by atoms with Crippen LogP contribution in [0.2, 0.25) is 0 Å². The van der Waals surface area contributed by atoms with Crippen molar-refractivity contribution in [1.29, 1.82) is 0 Å². The molecule has 2 aliphatic rings. The molecule has 4 rings (SSSR count). The van der Waals surface area contributed by atoms with Crippen LogP contribution in [0.3, 0.4) is 0 Å². The third-order valence-corrected chi connectivity index (χ3v) is 5.36. The molecule has 6 heteroatoms. The predicted molar refractivity (Wildman–Crippen MR) is 80.3 cm³/mol. The standard InChI is InChI=1S/C16H20N4O2/c1-19(13-4-11-6-14(21)7-12(11)5-13)16(22)10-2-3-15-17-9-18-20(15)8-10/h2-3,8-9,11-14,21H,4-7H2,1H3/t11-,12+,13?,14?. The average Bonchev–Trinajstić information content (AvgIpc) is 3.18. The molecule has 0 aromatic carbocycles. The summed E-state index contributed by atoms with van der Waals surface area (Å²) < 4.78 is 1.63. The third kappa shape index (κ3) is 2.18. The van der Waals surface area contributed by atoms with Gasteiger partial charge in [-0.05, 0) is 49.7 Å². The van der Waals surface area contributed by atoms with Gasteiger partial charge in [-0.2, -0.15) is 5.10 Å². The first-order valence-electron chi connectivity index (χ1n) is 7.86. The lowest BCUT2D eigenvalue weighted by Crippen LogP contribution is -2.36. The Kier molecular flexibility index (Phi) is 3.14. The van der Waals surface area contributed by atoms with Crippen LogP contribution in [0.4, 0.5) is 0 Å². The van der Waals surface area contributed by atoms with Gasteiger partial charge in [0.05, 0.1) is 11.7 Å². The molecule has 2 aromatic rings. The molecule has 2 aliphatic carbocycles. The Morgan fingerprint density at radius 2 is 2.00 bits per heavy atom. The normalized spacial score (nSPS) is 30.6. The molecule has 2 saturated carbocycles. The summed E-state index contributed by atoms with van der Waals surface area (Å²) in [7, 11) is 1.88. The molecule has 6 nitrogen and oxygen atoms in total. The van der Waals surface area contributed by atoms with Crippen molar-refractivity contribution in [2.24, 2.45) is 11.8 Å². The topological polar surface area (TPSA) is 70.7 Å². The second-order valence-corrected chi connectivity index (χ2v) is 6.67. The molecule has 0 radical (unpaired) electrons. The lowest BCUT2D eigenvalue weighted by atomic mass is 10.0. The smallest absolute Gasteiger partial charge is 0.255 e. The minimum Gasteiger partial charge on any atom is -0.393 e. The number of rotatable bonds is 2. The maximum Gasteiger partial charge on any atom is 0.255 e. The van der Waals surface area contributed by atoms with E-state index in [1.807, 2.05) is 24.1 Å². The molecule has 1 amide bonds. The van der Waals surface area contributed by atoms with Gasteiger partial charge in [-0.1, -0.05) is 0 Å². The van der Waals surface area contributed by atoms with E-state index in [0.29, 0.717) is 17.4 Å². The van der Waals surface area contributed by atoms with Crippen molar-refractivity contribution in [3.05, 3.63) is 30.2 Å². The summed E-state index contributed by atoms with van der Waals surface area (Å²) in [5.74, 6) is 1.18. The van der Waals surface area contributed by atoms with E-state index in [2.05, 4.69) is 10.1 Å². The van der Waals surface area contributed by atoms with Gasteiger partial charge in [0.25, 0.3) is 5.91 Å². The fourth-order valence-corrected chi connectivity index (χ4v) is 4.18. The van der Waals surface area contributed by atoms with E-state index >= 15 is 0 Å². The van der Waals surface area contributed by atoms with Crippen LogP contribution < -0.4 is 0 Å². The molecule has 2 aromatic heterocycles. The van der Waals surface area contributed by atoms with E-state index < -0.39 is 0 Å². The van der Waals surface area contributed by atoms with Crippen molar-refractivity contribution in [3.8, 4) is 0 Å². The molecular formula is C16H20N4O2. The number of hydrogen-bond donors (Lipinski definition) is 1. The number of fused-ring (bicyclic) bond motifs is 2. The van der Waals surface area contributed by atoms with Crippen molar-refractivity contribution in [2.75, 3.05) is 7.05 Å². The fraction of sp³-hybridized carbons (Fsp3) is 0.562. The van der Waals surface area contributed by atoms with Gasteiger partial charge in [0.2, 0.25) is 0 Å². The number of aromatic nitrogens is 3. The maximum absolute atomic E-state index is 12.7. The Bertz CT molecular complexity index is 699. The van der Waals surface area contributed by atoms with E-state index in [1.165, 1.54) is 6.33 Å². The second kappa shape index (κ2) is 5.05. The van der Waals surface area contributed by atoms with Gasteiger partial charge in [0.1, 0.15) is 6.33 Å². The van der Waals surface area contributed by atoms with Gasteiger partial charge in [-0.3, -0.25) is 4.79 Å². The lowest BCUT2D eigenvalue weighted by Gasteiger charge is -2.25. The Hall–Kier alpha value is -1.95. The first kappa shape index (κ1) is 13.7. The predicted octanol–water partition coefficient (Wildman–Crippen LogP) is 1.35. The van der Waals surface area contributed by atoms with Crippen LogP contribution in [0, 0.1) is 11.8 Å². The zero-order valence-electron chi connectivity index (χ0n) is 12.6. The lowest BCUT2D eigenvalue weighted by molar-refractivity contribution is 0.0721. The van der Waals surface area contributed by atoms with Gasteiger partial charge < -0.3 is 10.0 Å². The number of amides is 1. The number of nitrogens with zero attached hydrogens (tertiary/aromatic N) is 4. The van der Waals surface area contributed by atoms with E-state index in [4.69, 9.17) is 0 Å². The van der Waals surface area contributed by atoms with Crippen molar-refractivity contribution in [2.45, 2.75) is 37.8 Å². The number of carbonyl (C=O) groups is 1. The Morgan fingerprint density at radius 1 is 1.27 bits per heavy atom. The van der Waals surface area contributed by atoms with E-state index in [0.717, 1.165) is 31.3 Å². The number of pyridine rings is 1. The first-order valence-corrected chi connectivity index (χ1v) is 7.86. The number of aliphatic hydroxyl groups is 1. The highest BCUT2D eigenvalue weighted by Crippen LogP contribution is 2.45. The Balaban J connectivity index is 1.50. The van der Waals surface area contributed by atoms with Crippen LogP contribution in [0.25, 0.3) is 5.65 Å². The molecule has 0 spiro atoms. The Labute approximate surface area is 128 Å². The summed E-state index contributed by atoms with van der Waals surface area (Å²) >= 11 is 0. The molecule has 0 aliphatic heterocycles. The van der Waals surface area contributed by atoms with Crippen molar-refractivity contribution in [1.82, 2.24) is 19.5 Å². The maximum atomic E-state index is 12.7. The SMILES string of the molecule is CN(C(=O)c1ccc2ncnn2c1)C1C[C@H]2CC(O)C[C@H]2C1. The van der Waals surface area contributed by atoms with Crippen LogP contribution in [-0.4, -0.2) is 49.7 Å². The van der Waals surface area contributed by atoms with Crippen molar-refractivity contribution >= 4 is 11.6 Å². The molecule has 0 saturated heterocycles. The summed E-state index contributed by atoms with van der Waals surface area (Å²) in [4.78, 5) is 18.7. The molecule has 0 bridgehead atoms. The van der Waals surface area contributed by atoms with E-state index in [1.54, 1.807) is 10.7 Å². The molecule has 2 fully saturated rings. The largest absolute Gasteiger partial charge is 0.393 e. The molecule has 116 valence electrons. The number of carbonyl (C=O) groups excluding carboxylic acids is 1. The van der Waals surface area contributed by atoms with Gasteiger partial charge in [0.15, 0.2) is 5.65 Å². The van der Waals surface area contributed by atoms with Crippen LogP contribution in [-0.2, 0) is 0 Å². The van der Waals surface area contributed by atoms with Gasteiger partial charge in [-0.25, -0.2) is 9.50 Å². The third-order valence-electron chi connectivity index (χ3n) is 5.36. The van der Waals surface area contributed by atoms with Crippen LogP contribution >= 0.6 is 0 Å². The summed E-state index contributed by atoms with van der Waals surface area (Å²) in [5.41, 5.74) is 1.38. The molecular weight excluding hydrogens is 280 g/mol. The fourth-order valence-electron chi connectivity index (χ4n) is 4.18. The van der Waals surface area contributed by atoms with E-state index in [-0.39, 0.29) is 18.1 Å². The summed E-state index contributed by atoms with van der Waals surface area (Å²) in [6, 6.07) is 3.90. The zero-order valence-corrected chi connectivity index (χ0v) is 12.6. The highest BCUT2D eigenvalue weighted by atomic mass is 16.3. The minimum absolute atomic E-state index is 0.0305. The van der Waals surface area contributed by atoms with Crippen molar-refractivity contribution < 1.29 is 9.90 Å². The van der Waals surface area contributed by atoms with Gasteiger partial charge >= 0.3 is 0 Å². The van der Waals surface area contributed by atoms with Gasteiger partial charge in [-0.15, -0.1) is 0 Å². The number of hydrogen-bond acceptors (Lipinski definition) is 4. The summed E-state index contributed by atoms with van der Waals surface area (Å²) in [6.45, 7) is 0. The quantitative estimate of drug-likeness (QED) is 0.909. The second-order valence-electron chi connectivity index (χ2n) is 6.67. The Morgan fingerprint density at radius 3 is 2.73 bits per heavy atom. The molecule has 1 N–H and O–H groups in total. The highest BCUT2D eigenvalue weighted by Gasteiger charge is 2.43. The number of aliphatic hydroxyl groups excluding tert-OH is 1. The van der Waals surface area contributed by atoms with E-state index in [9.17, 15) is 9.90 Å². The van der Waals surface area contributed by atoms with Crippen LogP contribution in [0.15, 0.2) is 24.7 Å². The molecule has 2 unspecified atom stereocenters. The van der Waals surface area contributed by atoms with Gasteiger partial charge in [0, 0.05) is 19.3 Å². The molecule has 4 atom stereocenters. The molecule has 22 heavy (non-hydrogen) atoms.